The van der Waals surface area contributed by atoms with Crippen LogP contribution in [0.25, 0.3) is 10.9 Å². The lowest BCUT2D eigenvalue weighted by atomic mass is 10.2. The maximum atomic E-state index is 12.0. The number of nitrogens with one attached hydrogen (secondary N) is 1. The van der Waals surface area contributed by atoms with Gasteiger partial charge in [-0.15, -0.1) is 0 Å². The number of amides is 3. The maximum Gasteiger partial charge on any atom is 0.329 e. The average Bonchev–Trinajstić information content (AvgIpc) is 2.77. The normalized spacial score (nSPS) is 16.1. The number of nitrogens with zero attached hydrogens (tertiary/aromatic N) is 2. The molecule has 5 heteroatoms. The summed E-state index contributed by atoms with van der Waals surface area (Å²) in [7, 11) is 0. The molecule has 2 heterocycles. The summed E-state index contributed by atoms with van der Waals surface area (Å²) >= 11 is 0. The Bertz CT molecular complexity index is 687. The van der Waals surface area contributed by atoms with Crippen LogP contribution in [0.1, 0.15) is 26.3 Å². The molecule has 104 valence electrons. The van der Waals surface area contributed by atoms with E-state index in [-0.39, 0.29) is 18.0 Å². The molecule has 20 heavy (non-hydrogen) atoms. The fourth-order valence-electron chi connectivity index (χ4n) is 2.69. The summed E-state index contributed by atoms with van der Waals surface area (Å²) in [5.74, 6) is 0.629. The second-order valence-electron chi connectivity index (χ2n) is 5.28. The van der Waals surface area contributed by atoms with Gasteiger partial charge in [-0.25, -0.2) is 4.79 Å². The van der Waals surface area contributed by atoms with E-state index in [4.69, 9.17) is 0 Å². The van der Waals surface area contributed by atoms with Crippen molar-refractivity contribution in [1.82, 2.24) is 9.88 Å². The molecule has 1 N–H and O–H groups in total. The summed E-state index contributed by atoms with van der Waals surface area (Å²) < 4.78 is 2.13. The number of imide groups is 1. The molecule has 3 amide bonds. The predicted octanol–water partition coefficient (Wildman–Crippen LogP) is 2.67. The molecule has 1 aromatic carbocycles. The van der Waals surface area contributed by atoms with Crippen LogP contribution >= 0.6 is 0 Å². The van der Waals surface area contributed by atoms with Gasteiger partial charge in [-0.1, -0.05) is 18.2 Å². The molecule has 0 radical (unpaired) electrons. The lowest BCUT2D eigenvalue weighted by Crippen LogP contribution is -2.50. The number of hydrogen-bond donors (Lipinski definition) is 1. The van der Waals surface area contributed by atoms with E-state index in [1.165, 1.54) is 0 Å². The molecule has 0 atom stereocenters. The molecule has 1 aromatic heterocycles. The van der Waals surface area contributed by atoms with Crippen molar-refractivity contribution in [3.63, 3.8) is 0 Å². The van der Waals surface area contributed by atoms with E-state index in [0.29, 0.717) is 13.0 Å². The Hall–Kier alpha value is -2.30. The molecule has 5 nitrogen and oxygen atoms in total. The van der Waals surface area contributed by atoms with Crippen molar-refractivity contribution >= 4 is 28.7 Å². The average molecular weight is 271 g/mol. The summed E-state index contributed by atoms with van der Waals surface area (Å²) in [5, 5.41) is 3.47. The number of benzene rings is 1. The van der Waals surface area contributed by atoms with Crippen LogP contribution in [-0.2, 0) is 4.79 Å². The number of fused-ring (bicyclic) bond motifs is 1. The van der Waals surface area contributed by atoms with Gasteiger partial charge in [-0.05, 0) is 26.0 Å². The van der Waals surface area contributed by atoms with Crippen molar-refractivity contribution in [2.24, 2.45) is 0 Å². The molecule has 2 aromatic rings. The lowest BCUT2D eigenvalue weighted by molar-refractivity contribution is -0.120. The topological polar surface area (TPSA) is 54.3 Å². The molecule has 1 aliphatic heterocycles. The molecule has 0 spiro atoms. The predicted molar refractivity (Wildman–Crippen MR) is 77.8 cm³/mol. The van der Waals surface area contributed by atoms with Gasteiger partial charge < -0.3 is 4.57 Å². The van der Waals surface area contributed by atoms with Gasteiger partial charge in [-0.3, -0.25) is 15.0 Å². The molecule has 3 rings (SSSR count). The molecule has 1 aliphatic rings. The van der Waals surface area contributed by atoms with Gasteiger partial charge in [0.25, 0.3) is 0 Å². The molecule has 0 bridgehead atoms. The lowest BCUT2D eigenvalue weighted by Gasteiger charge is -2.28. The fourth-order valence-corrected chi connectivity index (χ4v) is 2.69. The minimum absolute atomic E-state index is 0.210. The fraction of sp³-hybridized carbons (Fsp3) is 0.333. The zero-order valence-corrected chi connectivity index (χ0v) is 11.6. The number of carbonyl (C=O) groups is 2. The summed E-state index contributed by atoms with van der Waals surface area (Å²) in [5.41, 5.74) is 1.10. The number of urea groups is 1. The first-order valence-corrected chi connectivity index (χ1v) is 6.79. The molecule has 1 fully saturated rings. The second kappa shape index (κ2) is 4.67. The Kier molecular flexibility index (Phi) is 2.97. The minimum Gasteiger partial charge on any atom is -0.325 e. The highest BCUT2D eigenvalue weighted by atomic mass is 16.2. The van der Waals surface area contributed by atoms with Crippen LogP contribution in [0, 0.1) is 0 Å². The van der Waals surface area contributed by atoms with Gasteiger partial charge in [0, 0.05) is 29.9 Å². The van der Waals surface area contributed by atoms with E-state index < -0.39 is 0 Å². The third-order valence-electron chi connectivity index (χ3n) is 3.57. The van der Waals surface area contributed by atoms with E-state index in [1.807, 2.05) is 30.3 Å². The number of carbonyl (C=O) groups excluding carboxylic acids is 2. The zero-order valence-electron chi connectivity index (χ0n) is 11.6. The van der Waals surface area contributed by atoms with Crippen LogP contribution < -0.4 is 10.2 Å². The molecular formula is C15H17N3O2. The molecular weight excluding hydrogens is 254 g/mol. The highest BCUT2D eigenvalue weighted by Crippen LogP contribution is 2.30. The van der Waals surface area contributed by atoms with E-state index in [1.54, 1.807) is 4.90 Å². The third-order valence-corrected chi connectivity index (χ3v) is 3.57. The van der Waals surface area contributed by atoms with E-state index >= 15 is 0 Å². The quantitative estimate of drug-likeness (QED) is 0.913. The highest BCUT2D eigenvalue weighted by Gasteiger charge is 2.27. The first-order chi connectivity index (χ1) is 9.58. The van der Waals surface area contributed by atoms with Gasteiger partial charge in [0.2, 0.25) is 5.91 Å². The van der Waals surface area contributed by atoms with Gasteiger partial charge in [-0.2, -0.15) is 0 Å². The van der Waals surface area contributed by atoms with Gasteiger partial charge in [0.1, 0.15) is 5.82 Å². The van der Waals surface area contributed by atoms with Crippen molar-refractivity contribution in [2.75, 3.05) is 11.4 Å². The monoisotopic (exact) mass is 271 g/mol. The Morgan fingerprint density at radius 2 is 1.95 bits per heavy atom. The number of anilines is 1. The summed E-state index contributed by atoms with van der Waals surface area (Å²) in [6.45, 7) is 4.60. The van der Waals surface area contributed by atoms with E-state index in [2.05, 4.69) is 23.7 Å². The molecule has 0 unspecified atom stereocenters. The Labute approximate surface area is 117 Å². The van der Waals surface area contributed by atoms with Crippen molar-refractivity contribution in [1.29, 1.82) is 0 Å². The number of hydrogen-bond acceptors (Lipinski definition) is 2. The van der Waals surface area contributed by atoms with Crippen LogP contribution in [0.15, 0.2) is 30.3 Å². The third kappa shape index (κ3) is 1.95. The van der Waals surface area contributed by atoms with Gasteiger partial charge >= 0.3 is 6.03 Å². The van der Waals surface area contributed by atoms with Crippen molar-refractivity contribution in [2.45, 2.75) is 26.3 Å². The van der Waals surface area contributed by atoms with Gasteiger partial charge in [0.15, 0.2) is 0 Å². The largest absolute Gasteiger partial charge is 0.329 e. The van der Waals surface area contributed by atoms with Crippen LogP contribution in [-0.4, -0.2) is 23.1 Å². The molecule has 0 saturated carbocycles. The van der Waals surface area contributed by atoms with Crippen molar-refractivity contribution < 1.29 is 9.59 Å². The molecule has 0 aliphatic carbocycles. The first-order valence-electron chi connectivity index (χ1n) is 6.79. The number of aromatic nitrogens is 1. The minimum atomic E-state index is -0.342. The van der Waals surface area contributed by atoms with Crippen molar-refractivity contribution in [3.8, 4) is 0 Å². The number of rotatable bonds is 2. The summed E-state index contributed by atoms with van der Waals surface area (Å²) in [6.07, 6.45) is 0.339. The summed E-state index contributed by atoms with van der Waals surface area (Å²) in [4.78, 5) is 25.0. The highest BCUT2D eigenvalue weighted by molar-refractivity contribution is 6.06. The van der Waals surface area contributed by atoms with Gasteiger partial charge in [0.05, 0.1) is 0 Å². The maximum absolute atomic E-state index is 12.0. The summed E-state index contributed by atoms with van der Waals surface area (Å²) in [6, 6.07) is 9.95. The number of para-hydroxylation sites is 1. The standard InChI is InChI=1S/C15H17N3O2/c1-10(2)18-12-6-4-3-5-11(12)9-14(18)17-8-7-13(19)16-15(17)20/h3-6,9-10H,7-8H2,1-2H3,(H,16,19,20). The Morgan fingerprint density at radius 3 is 2.65 bits per heavy atom. The van der Waals surface area contributed by atoms with E-state index in [9.17, 15) is 9.59 Å². The Morgan fingerprint density at radius 1 is 1.20 bits per heavy atom. The van der Waals surface area contributed by atoms with Crippen LogP contribution in [0.5, 0.6) is 0 Å². The second-order valence-corrected chi connectivity index (χ2v) is 5.28. The SMILES string of the molecule is CC(C)n1c(N2CCC(=O)NC2=O)cc2ccccc21. The first kappa shape index (κ1) is 12.7. The molecule has 1 saturated heterocycles. The van der Waals surface area contributed by atoms with Crippen molar-refractivity contribution in [3.05, 3.63) is 30.3 Å². The smallest absolute Gasteiger partial charge is 0.325 e. The van der Waals surface area contributed by atoms with Crippen LogP contribution in [0.3, 0.4) is 0 Å². The van der Waals surface area contributed by atoms with E-state index in [0.717, 1.165) is 16.7 Å². The van der Waals surface area contributed by atoms with Crippen LogP contribution in [0.2, 0.25) is 0 Å². The Balaban J connectivity index is 2.13. The zero-order chi connectivity index (χ0) is 14.3. The van der Waals surface area contributed by atoms with Crippen LogP contribution in [0.4, 0.5) is 10.6 Å².